The van der Waals surface area contributed by atoms with Crippen LogP contribution in [-0.2, 0) is 18.0 Å². The Kier molecular flexibility index (Phi) is 5.00. The highest BCUT2D eigenvalue weighted by molar-refractivity contribution is 6.32. The Labute approximate surface area is 122 Å². The highest BCUT2D eigenvalue weighted by Gasteiger charge is 2.08. The molecule has 0 fully saturated rings. The molecule has 0 aliphatic carbocycles. The Balaban J connectivity index is 1.99. The highest BCUT2D eigenvalue weighted by atomic mass is 35.5. The second-order valence-corrected chi connectivity index (χ2v) is 4.89. The lowest BCUT2D eigenvalue weighted by Crippen LogP contribution is -2.05. The van der Waals surface area contributed by atoms with Crippen LogP contribution in [0.4, 0.5) is 0 Å². The molecule has 0 radical (unpaired) electrons. The second-order valence-electron chi connectivity index (χ2n) is 4.48. The summed E-state index contributed by atoms with van der Waals surface area (Å²) in [4.78, 5) is 0. The van der Waals surface area contributed by atoms with E-state index in [1.54, 1.807) is 25.3 Å². The third-order valence-corrected chi connectivity index (χ3v) is 3.05. The van der Waals surface area contributed by atoms with Crippen LogP contribution in [0.3, 0.4) is 0 Å². The Bertz CT molecular complexity index is 569. The highest BCUT2D eigenvalue weighted by Crippen LogP contribution is 2.28. The van der Waals surface area contributed by atoms with Crippen LogP contribution in [-0.4, -0.2) is 12.3 Å². The monoisotopic (exact) mass is 296 g/mol. The largest absolute Gasteiger partial charge is 0.486 e. The topological polar surface area (TPSA) is 70.5 Å². The molecule has 2 N–H and O–H groups in total. The molecular weight excluding hydrogens is 280 g/mol. The molecule has 108 valence electrons. The molecule has 0 saturated carbocycles. The van der Waals surface area contributed by atoms with Crippen LogP contribution in [0.25, 0.3) is 0 Å². The van der Waals surface area contributed by atoms with E-state index < -0.39 is 0 Å². The fraction of sp³-hybridized carbons (Fsp3) is 0.357. The third-order valence-electron chi connectivity index (χ3n) is 2.75. The van der Waals surface area contributed by atoms with Gasteiger partial charge in [0.2, 0.25) is 0 Å². The van der Waals surface area contributed by atoms with Crippen molar-refractivity contribution in [3.8, 4) is 5.75 Å². The van der Waals surface area contributed by atoms with E-state index in [0.29, 0.717) is 28.8 Å². The molecule has 1 heterocycles. The van der Waals surface area contributed by atoms with E-state index in [0.717, 1.165) is 5.56 Å². The molecule has 0 amide bonds. The summed E-state index contributed by atoms with van der Waals surface area (Å²) in [6.45, 7) is 2.57. The summed E-state index contributed by atoms with van der Waals surface area (Å²) >= 11 is 6.15. The molecule has 0 aliphatic heterocycles. The molecule has 0 saturated heterocycles. The first kappa shape index (κ1) is 14.8. The summed E-state index contributed by atoms with van der Waals surface area (Å²) < 4.78 is 15.6. The first-order chi connectivity index (χ1) is 9.60. The van der Waals surface area contributed by atoms with Gasteiger partial charge >= 0.3 is 0 Å². The van der Waals surface area contributed by atoms with Crippen LogP contribution >= 0.6 is 11.6 Å². The van der Waals surface area contributed by atoms with Crippen molar-refractivity contribution in [3.63, 3.8) is 0 Å². The van der Waals surface area contributed by atoms with Gasteiger partial charge in [0.1, 0.15) is 24.7 Å². The van der Waals surface area contributed by atoms with Gasteiger partial charge in [0, 0.05) is 19.2 Å². The Morgan fingerprint density at radius 2 is 2.15 bits per heavy atom. The number of methoxy groups -OCH3 is 1. The molecule has 0 spiro atoms. The first-order valence-corrected chi connectivity index (χ1v) is 6.59. The fourth-order valence-corrected chi connectivity index (χ4v) is 1.95. The zero-order chi connectivity index (χ0) is 14.5. The number of hydrogen-bond donors (Lipinski definition) is 1. The lowest BCUT2D eigenvalue weighted by Gasteiger charge is -2.10. The van der Waals surface area contributed by atoms with Crippen LogP contribution in [0.5, 0.6) is 5.75 Å². The van der Waals surface area contributed by atoms with Crippen molar-refractivity contribution in [3.05, 3.63) is 46.3 Å². The molecule has 1 atom stereocenters. The van der Waals surface area contributed by atoms with Gasteiger partial charge in [-0.25, -0.2) is 0 Å². The smallest absolute Gasteiger partial charge is 0.162 e. The van der Waals surface area contributed by atoms with E-state index in [-0.39, 0.29) is 12.6 Å². The fourth-order valence-electron chi connectivity index (χ4n) is 1.70. The van der Waals surface area contributed by atoms with Crippen molar-refractivity contribution < 1.29 is 14.0 Å². The van der Waals surface area contributed by atoms with Gasteiger partial charge in [-0.15, -0.1) is 0 Å². The van der Waals surface area contributed by atoms with E-state index >= 15 is 0 Å². The predicted octanol–water partition coefficient (Wildman–Crippen LogP) is 3.07. The summed E-state index contributed by atoms with van der Waals surface area (Å²) in [5.41, 5.74) is 7.44. The maximum absolute atomic E-state index is 6.15. The summed E-state index contributed by atoms with van der Waals surface area (Å²) in [5.74, 6) is 1.25. The number of aromatic nitrogens is 1. The molecule has 6 heteroatoms. The van der Waals surface area contributed by atoms with Crippen LogP contribution in [0.2, 0.25) is 5.02 Å². The molecule has 5 nitrogen and oxygen atoms in total. The van der Waals surface area contributed by atoms with E-state index in [4.69, 9.17) is 31.3 Å². The molecule has 0 unspecified atom stereocenters. The summed E-state index contributed by atoms with van der Waals surface area (Å²) in [5, 5.41) is 4.41. The number of rotatable bonds is 6. The van der Waals surface area contributed by atoms with Crippen molar-refractivity contribution in [1.82, 2.24) is 5.16 Å². The molecule has 2 rings (SSSR count). The van der Waals surface area contributed by atoms with Gasteiger partial charge in [0.05, 0.1) is 5.02 Å². The minimum atomic E-state index is -0.0614. The van der Waals surface area contributed by atoms with E-state index in [1.807, 2.05) is 13.0 Å². The van der Waals surface area contributed by atoms with Gasteiger partial charge in [-0.2, -0.15) is 0 Å². The molecule has 0 aliphatic rings. The number of nitrogens with zero attached hydrogens (tertiary/aromatic N) is 1. The van der Waals surface area contributed by atoms with Crippen LogP contribution < -0.4 is 10.5 Å². The summed E-state index contributed by atoms with van der Waals surface area (Å²) in [7, 11) is 1.60. The maximum atomic E-state index is 6.15. The standard InChI is InChI=1S/C14H17ClN2O3/c1-9(16)10-3-4-14(13(15)5-10)19-7-11-6-12(8-18-2)20-17-11/h3-6,9H,7-8,16H2,1-2H3/t9-/m0/s1. The van der Waals surface area contributed by atoms with Crippen LogP contribution in [0, 0.1) is 0 Å². The maximum Gasteiger partial charge on any atom is 0.162 e. The lowest BCUT2D eigenvalue weighted by atomic mass is 10.1. The quantitative estimate of drug-likeness (QED) is 0.887. The Hall–Kier alpha value is -1.56. The van der Waals surface area contributed by atoms with E-state index in [2.05, 4.69) is 5.16 Å². The van der Waals surface area contributed by atoms with Crippen molar-refractivity contribution in [2.75, 3.05) is 7.11 Å². The molecule has 1 aromatic heterocycles. The Morgan fingerprint density at radius 1 is 1.35 bits per heavy atom. The lowest BCUT2D eigenvalue weighted by molar-refractivity contribution is 0.155. The first-order valence-electron chi connectivity index (χ1n) is 6.21. The van der Waals surface area contributed by atoms with Gasteiger partial charge in [-0.05, 0) is 24.6 Å². The summed E-state index contributed by atoms with van der Waals surface area (Å²) in [6.07, 6.45) is 0. The predicted molar refractivity (Wildman–Crippen MR) is 75.6 cm³/mol. The van der Waals surface area contributed by atoms with Gasteiger partial charge < -0.3 is 19.7 Å². The zero-order valence-corrected chi connectivity index (χ0v) is 12.2. The average Bonchev–Trinajstić information content (AvgIpc) is 2.85. The third kappa shape index (κ3) is 3.72. The van der Waals surface area contributed by atoms with Gasteiger partial charge in [0.25, 0.3) is 0 Å². The molecule has 0 bridgehead atoms. The van der Waals surface area contributed by atoms with Crippen molar-refractivity contribution in [2.24, 2.45) is 5.73 Å². The van der Waals surface area contributed by atoms with Gasteiger partial charge in [0.15, 0.2) is 5.76 Å². The number of hydrogen-bond acceptors (Lipinski definition) is 5. The zero-order valence-electron chi connectivity index (χ0n) is 11.4. The van der Waals surface area contributed by atoms with E-state index in [9.17, 15) is 0 Å². The average molecular weight is 297 g/mol. The minimum Gasteiger partial charge on any atom is -0.486 e. The second kappa shape index (κ2) is 6.74. The van der Waals surface area contributed by atoms with Crippen molar-refractivity contribution >= 4 is 11.6 Å². The molecule has 20 heavy (non-hydrogen) atoms. The van der Waals surface area contributed by atoms with Crippen molar-refractivity contribution in [1.29, 1.82) is 0 Å². The molecular formula is C14H17ClN2O3. The van der Waals surface area contributed by atoms with Crippen LogP contribution in [0.15, 0.2) is 28.8 Å². The minimum absolute atomic E-state index is 0.0614. The molecule has 1 aromatic carbocycles. The summed E-state index contributed by atoms with van der Waals surface area (Å²) in [6, 6.07) is 7.23. The number of nitrogens with two attached hydrogens (primary N) is 1. The van der Waals surface area contributed by atoms with E-state index in [1.165, 1.54) is 0 Å². The number of ether oxygens (including phenoxy) is 2. The van der Waals surface area contributed by atoms with Crippen molar-refractivity contribution in [2.45, 2.75) is 26.2 Å². The number of halogens is 1. The SMILES string of the molecule is COCc1cc(COc2ccc([C@H](C)N)cc2Cl)no1. The normalized spacial score (nSPS) is 12.4. The van der Waals surface area contributed by atoms with Gasteiger partial charge in [-0.1, -0.05) is 22.8 Å². The Morgan fingerprint density at radius 3 is 2.80 bits per heavy atom. The van der Waals surface area contributed by atoms with Gasteiger partial charge in [-0.3, -0.25) is 0 Å². The number of benzene rings is 1. The molecule has 2 aromatic rings. The van der Waals surface area contributed by atoms with Crippen LogP contribution in [0.1, 0.15) is 30.0 Å².